The number of rotatable bonds is 8. The summed E-state index contributed by atoms with van der Waals surface area (Å²) in [5.74, 6) is -1.02. The van der Waals surface area contributed by atoms with E-state index in [1.54, 1.807) is 0 Å². The van der Waals surface area contributed by atoms with Crippen molar-refractivity contribution in [2.24, 2.45) is 5.92 Å². The lowest BCUT2D eigenvalue weighted by Gasteiger charge is -2.29. The van der Waals surface area contributed by atoms with E-state index in [-0.39, 0.29) is 30.3 Å². The first kappa shape index (κ1) is 22.4. The molecule has 0 atom stereocenters. The van der Waals surface area contributed by atoms with Gasteiger partial charge in [-0.1, -0.05) is 24.3 Å². The van der Waals surface area contributed by atoms with E-state index in [9.17, 15) is 9.59 Å². The topological polar surface area (TPSA) is 78.9 Å². The Labute approximate surface area is 161 Å². The molecule has 1 aromatic rings. The lowest BCUT2D eigenvalue weighted by atomic mass is 9.97. The number of piperidine rings is 1. The number of amides is 1. The largest absolute Gasteiger partial charge is 0.481 e. The average Bonchev–Trinajstić information content (AvgIpc) is 2.59. The smallest absolute Gasteiger partial charge is 0.306 e. The van der Waals surface area contributed by atoms with E-state index >= 15 is 0 Å². The first-order valence-electron chi connectivity index (χ1n) is 8.85. The van der Waals surface area contributed by atoms with Gasteiger partial charge in [0.15, 0.2) is 0 Å². The molecule has 1 aliphatic rings. The summed E-state index contributed by atoms with van der Waals surface area (Å²) in [6.45, 7) is 6.75. The highest BCUT2D eigenvalue weighted by Crippen LogP contribution is 2.16. The first-order chi connectivity index (χ1) is 11.9. The van der Waals surface area contributed by atoms with E-state index in [0.29, 0.717) is 45.6 Å². The third-order valence-electron chi connectivity index (χ3n) is 4.40. The van der Waals surface area contributed by atoms with Crippen LogP contribution in [0.3, 0.4) is 0 Å². The summed E-state index contributed by atoms with van der Waals surface area (Å²) in [6.07, 6.45) is 1.44. The molecule has 1 heterocycles. The van der Waals surface area contributed by atoms with Gasteiger partial charge < -0.3 is 15.2 Å². The zero-order valence-electron chi connectivity index (χ0n) is 15.4. The van der Waals surface area contributed by atoms with Crippen molar-refractivity contribution < 1.29 is 19.4 Å². The van der Waals surface area contributed by atoms with Gasteiger partial charge in [-0.3, -0.25) is 14.5 Å². The van der Waals surface area contributed by atoms with Gasteiger partial charge >= 0.3 is 5.97 Å². The highest BCUT2D eigenvalue weighted by molar-refractivity contribution is 5.85. The molecule has 1 aromatic carbocycles. The van der Waals surface area contributed by atoms with Gasteiger partial charge in [0.25, 0.3) is 0 Å². The fraction of sp³-hybridized carbons (Fsp3) is 0.579. The van der Waals surface area contributed by atoms with Crippen molar-refractivity contribution in [3.63, 3.8) is 0 Å². The summed E-state index contributed by atoms with van der Waals surface area (Å²) in [5.41, 5.74) is 2.16. The van der Waals surface area contributed by atoms with Crippen LogP contribution in [0.2, 0.25) is 0 Å². The highest BCUT2D eigenvalue weighted by atomic mass is 35.5. The quantitative estimate of drug-likeness (QED) is 0.719. The van der Waals surface area contributed by atoms with Crippen molar-refractivity contribution in [1.82, 2.24) is 10.2 Å². The van der Waals surface area contributed by atoms with Gasteiger partial charge in [-0.05, 0) is 50.9 Å². The number of hydrogen-bond acceptors (Lipinski definition) is 4. The van der Waals surface area contributed by atoms with Crippen molar-refractivity contribution in [2.45, 2.75) is 45.9 Å². The van der Waals surface area contributed by atoms with Gasteiger partial charge in [0.05, 0.1) is 25.2 Å². The third kappa shape index (κ3) is 7.72. The second-order valence-corrected chi connectivity index (χ2v) is 6.84. The molecule has 7 heteroatoms. The van der Waals surface area contributed by atoms with Crippen molar-refractivity contribution in [3.8, 4) is 0 Å². The van der Waals surface area contributed by atoms with Crippen LogP contribution in [-0.2, 0) is 27.5 Å². The van der Waals surface area contributed by atoms with E-state index < -0.39 is 5.97 Å². The van der Waals surface area contributed by atoms with Crippen LogP contribution < -0.4 is 5.32 Å². The summed E-state index contributed by atoms with van der Waals surface area (Å²) in [6, 6.07) is 8.02. The molecule has 0 aliphatic carbocycles. The standard InChI is InChI=1S/C19H28N2O4.ClH/c1-14(2)25-13-16-5-3-15(4-6-16)11-20-18(22)12-21-9-7-17(8-10-21)19(23)24;/h3-6,14,17H,7-13H2,1-2H3,(H,20,22)(H,23,24);1H. The van der Waals surface area contributed by atoms with Crippen molar-refractivity contribution in [3.05, 3.63) is 35.4 Å². The Morgan fingerprint density at radius 2 is 1.77 bits per heavy atom. The van der Waals surface area contributed by atoms with Crippen molar-refractivity contribution in [1.29, 1.82) is 0 Å². The summed E-state index contributed by atoms with van der Waals surface area (Å²) >= 11 is 0. The molecule has 0 bridgehead atoms. The first-order valence-corrected chi connectivity index (χ1v) is 8.85. The van der Waals surface area contributed by atoms with E-state index in [1.165, 1.54) is 0 Å². The molecule has 2 N–H and O–H groups in total. The number of aliphatic carboxylic acids is 1. The highest BCUT2D eigenvalue weighted by Gasteiger charge is 2.25. The van der Waals surface area contributed by atoms with E-state index in [2.05, 4.69) is 5.32 Å². The van der Waals surface area contributed by atoms with Crippen LogP contribution in [0.25, 0.3) is 0 Å². The van der Waals surface area contributed by atoms with Crippen LogP contribution in [-0.4, -0.2) is 47.6 Å². The Morgan fingerprint density at radius 1 is 1.19 bits per heavy atom. The zero-order chi connectivity index (χ0) is 18.2. The second-order valence-electron chi connectivity index (χ2n) is 6.84. The maximum Gasteiger partial charge on any atom is 0.306 e. The summed E-state index contributed by atoms with van der Waals surface area (Å²) < 4.78 is 5.56. The van der Waals surface area contributed by atoms with Crippen LogP contribution in [0.4, 0.5) is 0 Å². The zero-order valence-corrected chi connectivity index (χ0v) is 16.3. The number of carboxylic acids is 1. The van der Waals surface area contributed by atoms with Crippen LogP contribution >= 0.6 is 12.4 Å². The van der Waals surface area contributed by atoms with Crippen LogP contribution in [0, 0.1) is 5.92 Å². The number of carbonyl (C=O) groups excluding carboxylic acids is 1. The minimum atomic E-state index is -0.730. The van der Waals surface area contributed by atoms with Crippen LogP contribution in [0.5, 0.6) is 0 Å². The van der Waals surface area contributed by atoms with Crippen LogP contribution in [0.15, 0.2) is 24.3 Å². The molecule has 2 rings (SSSR count). The van der Waals surface area contributed by atoms with Gasteiger partial charge in [0, 0.05) is 6.54 Å². The SMILES string of the molecule is CC(C)OCc1ccc(CNC(=O)CN2CCC(C(=O)O)CC2)cc1.Cl. The normalized spacial score (nSPS) is 15.5. The van der Waals surface area contributed by atoms with E-state index in [1.807, 2.05) is 43.0 Å². The molecule has 1 fully saturated rings. The molecule has 0 spiro atoms. The molecule has 1 saturated heterocycles. The molecule has 0 aromatic heterocycles. The number of carboxylic acid groups (broad SMARTS) is 1. The monoisotopic (exact) mass is 384 g/mol. The minimum absolute atomic E-state index is 0. The Hall–Kier alpha value is -1.63. The molecular weight excluding hydrogens is 356 g/mol. The number of ether oxygens (including phenoxy) is 1. The lowest BCUT2D eigenvalue weighted by molar-refractivity contribution is -0.143. The number of hydrogen-bond donors (Lipinski definition) is 2. The lowest BCUT2D eigenvalue weighted by Crippen LogP contribution is -2.42. The summed E-state index contributed by atoms with van der Waals surface area (Å²) in [4.78, 5) is 25.0. The fourth-order valence-corrected chi connectivity index (χ4v) is 2.81. The number of carbonyl (C=O) groups is 2. The molecule has 1 amide bonds. The predicted octanol–water partition coefficient (Wildman–Crippen LogP) is 2.45. The molecular formula is C19H29ClN2O4. The second kappa shape index (κ2) is 11.2. The maximum absolute atomic E-state index is 12.1. The summed E-state index contributed by atoms with van der Waals surface area (Å²) in [7, 11) is 0. The molecule has 0 saturated carbocycles. The molecule has 26 heavy (non-hydrogen) atoms. The maximum atomic E-state index is 12.1. The minimum Gasteiger partial charge on any atom is -0.481 e. The van der Waals surface area contributed by atoms with Crippen molar-refractivity contribution in [2.75, 3.05) is 19.6 Å². The summed E-state index contributed by atoms with van der Waals surface area (Å²) in [5, 5.41) is 11.9. The van der Waals surface area contributed by atoms with Crippen molar-refractivity contribution >= 4 is 24.3 Å². The molecule has 0 unspecified atom stereocenters. The third-order valence-corrected chi connectivity index (χ3v) is 4.40. The average molecular weight is 385 g/mol. The number of halogens is 1. The Kier molecular flexibility index (Phi) is 9.62. The predicted molar refractivity (Wildman–Crippen MR) is 102 cm³/mol. The van der Waals surface area contributed by atoms with E-state index in [4.69, 9.17) is 9.84 Å². The Balaban J connectivity index is 0.00000338. The molecule has 6 nitrogen and oxygen atoms in total. The fourth-order valence-electron chi connectivity index (χ4n) is 2.81. The molecule has 146 valence electrons. The molecule has 1 aliphatic heterocycles. The van der Waals surface area contributed by atoms with Gasteiger partial charge in [-0.2, -0.15) is 0 Å². The van der Waals surface area contributed by atoms with Gasteiger partial charge in [0.1, 0.15) is 0 Å². The Morgan fingerprint density at radius 3 is 2.31 bits per heavy atom. The van der Waals surface area contributed by atoms with Gasteiger partial charge in [0.2, 0.25) is 5.91 Å². The number of benzene rings is 1. The number of likely N-dealkylation sites (tertiary alicyclic amines) is 1. The Bertz CT molecular complexity index is 569. The molecule has 0 radical (unpaired) electrons. The number of nitrogens with zero attached hydrogens (tertiary/aromatic N) is 1. The van der Waals surface area contributed by atoms with Gasteiger partial charge in [-0.15, -0.1) is 12.4 Å². The van der Waals surface area contributed by atoms with Crippen LogP contribution in [0.1, 0.15) is 37.8 Å². The van der Waals surface area contributed by atoms with E-state index in [0.717, 1.165) is 11.1 Å². The van der Waals surface area contributed by atoms with Gasteiger partial charge in [-0.25, -0.2) is 0 Å². The number of nitrogens with one attached hydrogen (secondary N) is 1.